The second-order valence-electron chi connectivity index (χ2n) is 7.32. The van der Waals surface area contributed by atoms with E-state index in [2.05, 4.69) is 9.72 Å². The maximum Gasteiger partial charge on any atom is 0.387 e. The van der Waals surface area contributed by atoms with Gasteiger partial charge in [-0.05, 0) is 55.0 Å². The number of fused-ring (bicyclic) bond motifs is 1. The lowest BCUT2D eigenvalue weighted by molar-refractivity contribution is -0.0498. The van der Waals surface area contributed by atoms with Gasteiger partial charge in [0.2, 0.25) is 0 Å². The Morgan fingerprint density at radius 2 is 1.66 bits per heavy atom. The minimum atomic E-state index is -2.88. The molecule has 3 aromatic carbocycles. The Bertz CT molecular complexity index is 1290. The van der Waals surface area contributed by atoms with E-state index < -0.39 is 12.8 Å². The third kappa shape index (κ3) is 4.17. The van der Waals surface area contributed by atoms with E-state index in [0.717, 1.165) is 16.9 Å². The molecule has 4 rings (SSSR count). The SMILES string of the molecule is Cc1nc2ccc(N(C)c3ccc(OC(F)F)cc3)cc2c(=O)n1C(N)c1ccccc1. The summed E-state index contributed by atoms with van der Waals surface area (Å²) in [5, 5.41) is 0.434. The summed E-state index contributed by atoms with van der Waals surface area (Å²) >= 11 is 0. The minimum absolute atomic E-state index is 0.0770. The Labute approximate surface area is 183 Å². The van der Waals surface area contributed by atoms with Gasteiger partial charge in [0.25, 0.3) is 5.56 Å². The summed E-state index contributed by atoms with van der Waals surface area (Å²) in [5.41, 5.74) is 9.01. The summed E-state index contributed by atoms with van der Waals surface area (Å²) in [6.07, 6.45) is -0.663. The number of benzene rings is 3. The summed E-state index contributed by atoms with van der Waals surface area (Å²) in [6, 6.07) is 21.0. The van der Waals surface area contributed by atoms with Crippen molar-refractivity contribution in [2.24, 2.45) is 5.73 Å². The standard InChI is InChI=1S/C24H22F2N4O2/c1-15-28-21-13-10-18(29(2)17-8-11-19(12-9-17)32-24(25)26)14-20(21)23(31)30(15)22(27)16-6-4-3-5-7-16/h3-14,22,24H,27H2,1-2H3. The molecule has 0 bridgehead atoms. The topological polar surface area (TPSA) is 73.4 Å². The fraction of sp³-hybridized carbons (Fsp3) is 0.167. The number of aromatic nitrogens is 2. The maximum absolute atomic E-state index is 13.4. The minimum Gasteiger partial charge on any atom is -0.435 e. The van der Waals surface area contributed by atoms with Gasteiger partial charge in [0, 0.05) is 18.4 Å². The molecule has 0 aliphatic rings. The van der Waals surface area contributed by atoms with Crippen molar-refractivity contribution in [3.63, 3.8) is 0 Å². The van der Waals surface area contributed by atoms with Gasteiger partial charge in [-0.25, -0.2) is 4.98 Å². The lowest BCUT2D eigenvalue weighted by Gasteiger charge is -2.21. The van der Waals surface area contributed by atoms with Crippen molar-refractivity contribution in [1.29, 1.82) is 0 Å². The van der Waals surface area contributed by atoms with E-state index in [0.29, 0.717) is 16.7 Å². The van der Waals surface area contributed by atoms with E-state index in [1.165, 1.54) is 16.7 Å². The van der Waals surface area contributed by atoms with Crippen LogP contribution in [0, 0.1) is 6.92 Å². The number of halogens is 2. The Morgan fingerprint density at radius 1 is 1.00 bits per heavy atom. The zero-order valence-electron chi connectivity index (χ0n) is 17.6. The van der Waals surface area contributed by atoms with Gasteiger partial charge in [-0.15, -0.1) is 0 Å². The highest BCUT2D eigenvalue weighted by Crippen LogP contribution is 2.28. The molecule has 0 amide bonds. The third-order valence-corrected chi connectivity index (χ3v) is 5.32. The highest BCUT2D eigenvalue weighted by Gasteiger charge is 2.17. The van der Waals surface area contributed by atoms with Crippen LogP contribution in [0.4, 0.5) is 20.2 Å². The molecule has 164 valence electrons. The van der Waals surface area contributed by atoms with Crippen LogP contribution in [0.25, 0.3) is 10.9 Å². The van der Waals surface area contributed by atoms with E-state index in [1.54, 1.807) is 31.2 Å². The molecule has 0 spiro atoms. The van der Waals surface area contributed by atoms with Crippen LogP contribution in [-0.4, -0.2) is 23.2 Å². The van der Waals surface area contributed by atoms with Crippen LogP contribution >= 0.6 is 0 Å². The van der Waals surface area contributed by atoms with Gasteiger partial charge in [-0.2, -0.15) is 8.78 Å². The van der Waals surface area contributed by atoms with Gasteiger partial charge in [0.1, 0.15) is 17.7 Å². The zero-order chi connectivity index (χ0) is 22.8. The van der Waals surface area contributed by atoms with E-state index in [9.17, 15) is 13.6 Å². The summed E-state index contributed by atoms with van der Waals surface area (Å²) in [7, 11) is 1.82. The molecule has 8 heteroatoms. The predicted octanol–water partition coefficient (Wildman–Crippen LogP) is 4.58. The fourth-order valence-electron chi connectivity index (χ4n) is 3.63. The van der Waals surface area contributed by atoms with Gasteiger partial charge in [0.05, 0.1) is 10.9 Å². The summed E-state index contributed by atoms with van der Waals surface area (Å²) in [5.74, 6) is 0.600. The number of alkyl halides is 2. The molecule has 2 N–H and O–H groups in total. The molecule has 0 fully saturated rings. The molecule has 0 saturated carbocycles. The molecule has 4 aromatic rings. The fourth-order valence-corrected chi connectivity index (χ4v) is 3.63. The van der Waals surface area contributed by atoms with Gasteiger partial charge >= 0.3 is 6.61 Å². The average Bonchev–Trinajstić information content (AvgIpc) is 2.79. The van der Waals surface area contributed by atoms with Crippen LogP contribution in [-0.2, 0) is 0 Å². The number of rotatable bonds is 6. The number of nitrogens with zero attached hydrogens (tertiary/aromatic N) is 3. The quantitative estimate of drug-likeness (QED) is 0.479. The molecular weight excluding hydrogens is 414 g/mol. The van der Waals surface area contributed by atoms with Gasteiger partial charge in [-0.3, -0.25) is 9.36 Å². The molecule has 0 aliphatic carbocycles. The van der Waals surface area contributed by atoms with Gasteiger partial charge < -0.3 is 15.4 Å². The molecular formula is C24H22F2N4O2. The lowest BCUT2D eigenvalue weighted by atomic mass is 10.1. The molecule has 0 aliphatic heterocycles. The number of anilines is 2. The third-order valence-electron chi connectivity index (χ3n) is 5.32. The number of aryl methyl sites for hydroxylation is 1. The zero-order valence-corrected chi connectivity index (χ0v) is 17.6. The van der Waals surface area contributed by atoms with Crippen molar-refractivity contribution in [3.8, 4) is 5.75 Å². The summed E-state index contributed by atoms with van der Waals surface area (Å²) in [4.78, 5) is 19.8. The molecule has 1 atom stereocenters. The van der Waals surface area contributed by atoms with E-state index >= 15 is 0 Å². The van der Waals surface area contributed by atoms with E-state index in [-0.39, 0.29) is 11.3 Å². The first-order valence-corrected chi connectivity index (χ1v) is 9.97. The molecule has 6 nitrogen and oxygen atoms in total. The molecule has 1 aromatic heterocycles. The number of ether oxygens (including phenoxy) is 1. The largest absolute Gasteiger partial charge is 0.435 e. The number of hydrogen-bond acceptors (Lipinski definition) is 5. The van der Waals surface area contributed by atoms with Crippen LogP contribution < -0.4 is 20.9 Å². The van der Waals surface area contributed by atoms with Crippen molar-refractivity contribution in [2.45, 2.75) is 19.7 Å². The highest BCUT2D eigenvalue weighted by molar-refractivity contribution is 5.83. The summed E-state index contributed by atoms with van der Waals surface area (Å²) in [6.45, 7) is -1.12. The van der Waals surface area contributed by atoms with Crippen molar-refractivity contribution in [1.82, 2.24) is 9.55 Å². The highest BCUT2D eigenvalue weighted by atomic mass is 19.3. The molecule has 0 radical (unpaired) electrons. The van der Waals surface area contributed by atoms with E-state index in [1.807, 2.05) is 48.3 Å². The van der Waals surface area contributed by atoms with Crippen molar-refractivity contribution in [3.05, 3.63) is 94.5 Å². The molecule has 1 heterocycles. The van der Waals surface area contributed by atoms with Crippen LogP contribution in [0.2, 0.25) is 0 Å². The van der Waals surface area contributed by atoms with Crippen LogP contribution in [0.5, 0.6) is 5.75 Å². The van der Waals surface area contributed by atoms with Crippen LogP contribution in [0.15, 0.2) is 77.6 Å². The Morgan fingerprint density at radius 3 is 2.31 bits per heavy atom. The molecule has 1 unspecified atom stereocenters. The lowest BCUT2D eigenvalue weighted by Crippen LogP contribution is -2.33. The second kappa shape index (κ2) is 8.76. The molecule has 0 saturated heterocycles. The Balaban J connectivity index is 1.72. The van der Waals surface area contributed by atoms with Crippen LogP contribution in [0.1, 0.15) is 17.6 Å². The first-order valence-electron chi connectivity index (χ1n) is 9.97. The van der Waals surface area contributed by atoms with E-state index in [4.69, 9.17) is 5.73 Å². The monoisotopic (exact) mass is 436 g/mol. The smallest absolute Gasteiger partial charge is 0.387 e. The van der Waals surface area contributed by atoms with Gasteiger partial charge in [0.15, 0.2) is 0 Å². The Kier molecular flexibility index (Phi) is 5.87. The normalized spacial score (nSPS) is 12.2. The van der Waals surface area contributed by atoms with Crippen LogP contribution in [0.3, 0.4) is 0 Å². The maximum atomic E-state index is 13.4. The number of hydrogen-bond donors (Lipinski definition) is 1. The van der Waals surface area contributed by atoms with Crippen molar-refractivity contribution >= 4 is 22.3 Å². The average molecular weight is 436 g/mol. The number of nitrogens with two attached hydrogens (primary N) is 1. The second-order valence-corrected chi connectivity index (χ2v) is 7.32. The van der Waals surface area contributed by atoms with Crippen molar-refractivity contribution < 1.29 is 13.5 Å². The summed E-state index contributed by atoms with van der Waals surface area (Å²) < 4.78 is 30.6. The Hall–Kier alpha value is -3.78. The predicted molar refractivity (Wildman–Crippen MR) is 121 cm³/mol. The van der Waals surface area contributed by atoms with Crippen molar-refractivity contribution in [2.75, 3.05) is 11.9 Å². The first-order chi connectivity index (χ1) is 15.3. The molecule has 32 heavy (non-hydrogen) atoms. The van der Waals surface area contributed by atoms with Gasteiger partial charge in [-0.1, -0.05) is 30.3 Å². The first kappa shape index (κ1) is 21.5.